The first-order chi connectivity index (χ1) is 8.95. The maximum atomic E-state index is 13.5. The largest absolute Gasteiger partial charge is 0.355 e. The van der Waals surface area contributed by atoms with Gasteiger partial charge in [-0.05, 0) is 43.9 Å². The minimum Gasteiger partial charge on any atom is -0.355 e. The molecule has 1 aromatic rings. The molecule has 1 aromatic carbocycles. The van der Waals surface area contributed by atoms with Crippen LogP contribution in [0.3, 0.4) is 0 Å². The van der Waals surface area contributed by atoms with Crippen LogP contribution in [0.1, 0.15) is 37.0 Å². The quantitative estimate of drug-likeness (QED) is 0.830. The van der Waals surface area contributed by atoms with Gasteiger partial charge in [-0.15, -0.1) is 0 Å². The number of hydrogen-bond donors (Lipinski definition) is 2. The summed E-state index contributed by atoms with van der Waals surface area (Å²) in [6, 6.07) is 3.37. The van der Waals surface area contributed by atoms with Gasteiger partial charge in [0.2, 0.25) is 5.91 Å². The van der Waals surface area contributed by atoms with Crippen molar-refractivity contribution in [3.63, 3.8) is 0 Å². The average Bonchev–Trinajstić information content (AvgIpc) is 2.39. The van der Waals surface area contributed by atoms with Gasteiger partial charge in [0.25, 0.3) is 0 Å². The molecule has 3 nitrogen and oxygen atoms in total. The molecule has 0 fully saturated rings. The molecule has 0 radical (unpaired) electrons. The summed E-state index contributed by atoms with van der Waals surface area (Å²) in [5.74, 6) is -0.158. The highest BCUT2D eigenvalue weighted by molar-refractivity contribution is 5.81. The third kappa shape index (κ3) is 4.63. The van der Waals surface area contributed by atoms with Gasteiger partial charge in [-0.1, -0.05) is 19.1 Å². The van der Waals surface area contributed by atoms with Crippen molar-refractivity contribution >= 4 is 5.91 Å². The lowest BCUT2D eigenvalue weighted by Gasteiger charge is -2.14. The second-order valence-electron chi connectivity index (χ2n) is 4.94. The molecule has 0 heterocycles. The number of hydrogen-bond acceptors (Lipinski definition) is 2. The molecule has 1 amide bonds. The molecule has 0 aliphatic heterocycles. The van der Waals surface area contributed by atoms with E-state index in [0.29, 0.717) is 24.2 Å². The fourth-order valence-corrected chi connectivity index (χ4v) is 1.90. The molecule has 0 bridgehead atoms. The van der Waals surface area contributed by atoms with Crippen LogP contribution in [0.5, 0.6) is 0 Å². The molecule has 19 heavy (non-hydrogen) atoms. The highest BCUT2D eigenvalue weighted by atomic mass is 19.1. The summed E-state index contributed by atoms with van der Waals surface area (Å²) in [5, 5.41) is 5.99. The zero-order valence-electron chi connectivity index (χ0n) is 12.1. The highest BCUT2D eigenvalue weighted by Gasteiger charge is 2.11. The lowest BCUT2D eigenvalue weighted by atomic mass is 10.1. The zero-order chi connectivity index (χ0) is 14.4. The average molecular weight is 266 g/mol. The number of halogens is 1. The van der Waals surface area contributed by atoms with Crippen molar-refractivity contribution in [3.05, 3.63) is 34.6 Å². The molecule has 0 aromatic heterocycles. The van der Waals surface area contributed by atoms with E-state index in [0.717, 1.165) is 12.0 Å². The molecule has 0 aliphatic carbocycles. The maximum absolute atomic E-state index is 13.5. The van der Waals surface area contributed by atoms with Crippen LogP contribution in [0, 0.1) is 19.7 Å². The second-order valence-corrected chi connectivity index (χ2v) is 4.94. The first-order valence-electron chi connectivity index (χ1n) is 6.72. The minimum atomic E-state index is -0.253. The fourth-order valence-electron chi connectivity index (χ4n) is 1.90. The number of carbonyl (C=O) groups is 1. The Morgan fingerprint density at radius 1 is 1.32 bits per heavy atom. The molecule has 0 saturated carbocycles. The maximum Gasteiger partial charge on any atom is 0.236 e. The first-order valence-corrected chi connectivity index (χ1v) is 6.72. The summed E-state index contributed by atoms with van der Waals surface area (Å²) in [4.78, 5) is 11.7. The Hall–Kier alpha value is -1.42. The molecule has 1 atom stereocenters. The van der Waals surface area contributed by atoms with Gasteiger partial charge in [-0.25, -0.2) is 4.39 Å². The van der Waals surface area contributed by atoms with Gasteiger partial charge in [0.05, 0.1) is 6.04 Å². The number of amides is 1. The Balaban J connectivity index is 2.55. The molecule has 1 unspecified atom stereocenters. The van der Waals surface area contributed by atoms with E-state index in [2.05, 4.69) is 10.6 Å². The summed E-state index contributed by atoms with van der Waals surface area (Å²) in [5.41, 5.74) is 2.27. The SMILES string of the molecule is CCCNC(=O)C(C)NCc1cc(C)c(F)c(C)c1. The molecule has 0 spiro atoms. The molecule has 1 rings (SSSR count). The molecule has 106 valence electrons. The summed E-state index contributed by atoms with van der Waals surface area (Å²) in [6.07, 6.45) is 0.925. The van der Waals surface area contributed by atoms with E-state index in [1.165, 1.54) is 0 Å². The van der Waals surface area contributed by atoms with Crippen molar-refractivity contribution in [1.29, 1.82) is 0 Å². The molecule has 0 saturated heterocycles. The minimum absolute atomic E-state index is 0.00240. The van der Waals surface area contributed by atoms with Crippen LogP contribution in [0.15, 0.2) is 12.1 Å². The lowest BCUT2D eigenvalue weighted by molar-refractivity contribution is -0.122. The Bertz CT molecular complexity index is 423. The van der Waals surface area contributed by atoms with E-state index in [9.17, 15) is 9.18 Å². The van der Waals surface area contributed by atoms with Crippen LogP contribution in [-0.2, 0) is 11.3 Å². The summed E-state index contributed by atoms with van der Waals surface area (Å²) in [6.45, 7) is 8.60. The first kappa shape index (κ1) is 15.6. The van der Waals surface area contributed by atoms with E-state index in [4.69, 9.17) is 0 Å². The third-order valence-corrected chi connectivity index (χ3v) is 3.05. The van der Waals surface area contributed by atoms with Crippen LogP contribution in [0.4, 0.5) is 4.39 Å². The summed E-state index contributed by atoms with van der Waals surface area (Å²) < 4.78 is 13.5. The van der Waals surface area contributed by atoms with Crippen LogP contribution >= 0.6 is 0 Å². The van der Waals surface area contributed by atoms with E-state index < -0.39 is 0 Å². The van der Waals surface area contributed by atoms with Gasteiger partial charge in [0.15, 0.2) is 0 Å². The van der Waals surface area contributed by atoms with E-state index in [1.54, 1.807) is 13.8 Å². The van der Waals surface area contributed by atoms with Crippen LogP contribution in [0.2, 0.25) is 0 Å². The fraction of sp³-hybridized carbons (Fsp3) is 0.533. The van der Waals surface area contributed by atoms with Crippen molar-refractivity contribution in [2.75, 3.05) is 6.54 Å². The number of benzene rings is 1. The Kier molecular flexibility index (Phi) is 5.96. The van der Waals surface area contributed by atoms with E-state index >= 15 is 0 Å². The van der Waals surface area contributed by atoms with Gasteiger partial charge >= 0.3 is 0 Å². The summed E-state index contributed by atoms with van der Waals surface area (Å²) >= 11 is 0. The van der Waals surface area contributed by atoms with Crippen molar-refractivity contribution < 1.29 is 9.18 Å². The smallest absolute Gasteiger partial charge is 0.236 e. The number of carbonyl (C=O) groups excluding carboxylic acids is 1. The van der Waals surface area contributed by atoms with Gasteiger partial charge < -0.3 is 10.6 Å². The summed E-state index contributed by atoms with van der Waals surface area (Å²) in [7, 11) is 0. The van der Waals surface area contributed by atoms with Crippen molar-refractivity contribution in [1.82, 2.24) is 10.6 Å². The Morgan fingerprint density at radius 2 is 1.89 bits per heavy atom. The Morgan fingerprint density at radius 3 is 2.42 bits per heavy atom. The predicted molar refractivity (Wildman–Crippen MR) is 75.5 cm³/mol. The number of nitrogens with one attached hydrogen (secondary N) is 2. The molecular formula is C15H23FN2O. The van der Waals surface area contributed by atoms with Crippen molar-refractivity contribution in [2.24, 2.45) is 0 Å². The van der Waals surface area contributed by atoms with Crippen molar-refractivity contribution in [2.45, 2.75) is 46.7 Å². The van der Waals surface area contributed by atoms with Crippen molar-refractivity contribution in [3.8, 4) is 0 Å². The van der Waals surface area contributed by atoms with Crippen LogP contribution in [-0.4, -0.2) is 18.5 Å². The normalized spacial score (nSPS) is 12.3. The molecular weight excluding hydrogens is 243 g/mol. The van der Waals surface area contributed by atoms with Crippen LogP contribution < -0.4 is 10.6 Å². The van der Waals surface area contributed by atoms with Gasteiger partial charge in [-0.3, -0.25) is 4.79 Å². The van der Waals surface area contributed by atoms with E-state index in [1.807, 2.05) is 26.0 Å². The molecule has 4 heteroatoms. The van der Waals surface area contributed by atoms with Gasteiger partial charge in [-0.2, -0.15) is 0 Å². The molecule has 0 aliphatic rings. The number of rotatable bonds is 6. The lowest BCUT2D eigenvalue weighted by Crippen LogP contribution is -2.42. The highest BCUT2D eigenvalue weighted by Crippen LogP contribution is 2.14. The third-order valence-electron chi connectivity index (χ3n) is 3.05. The van der Waals surface area contributed by atoms with Gasteiger partial charge in [0.1, 0.15) is 5.82 Å². The monoisotopic (exact) mass is 266 g/mol. The molecule has 2 N–H and O–H groups in total. The zero-order valence-corrected chi connectivity index (χ0v) is 12.1. The van der Waals surface area contributed by atoms with Crippen LogP contribution in [0.25, 0.3) is 0 Å². The standard InChI is InChI=1S/C15H23FN2O/c1-5-6-17-15(19)12(4)18-9-13-7-10(2)14(16)11(3)8-13/h7-8,12,18H,5-6,9H2,1-4H3,(H,17,19). The predicted octanol–water partition coefficient (Wildman–Crippen LogP) is 2.45. The second kappa shape index (κ2) is 7.24. The topological polar surface area (TPSA) is 41.1 Å². The van der Waals surface area contributed by atoms with E-state index in [-0.39, 0.29) is 17.8 Å². The number of aryl methyl sites for hydroxylation is 2. The Labute approximate surface area is 114 Å². The van der Waals surface area contributed by atoms with Gasteiger partial charge in [0, 0.05) is 13.1 Å².